The average molecular weight is 290 g/mol. The van der Waals surface area contributed by atoms with Gasteiger partial charge in [0.1, 0.15) is 0 Å². The van der Waals surface area contributed by atoms with Crippen molar-refractivity contribution in [3.05, 3.63) is 23.8 Å². The van der Waals surface area contributed by atoms with Crippen molar-refractivity contribution in [3.8, 4) is 0 Å². The Balaban J connectivity index is 2.03. The summed E-state index contributed by atoms with van der Waals surface area (Å²) in [6.07, 6.45) is 0. The quantitative estimate of drug-likeness (QED) is 0.716. The Labute approximate surface area is 124 Å². The lowest BCUT2D eigenvalue weighted by Gasteiger charge is -2.40. The Morgan fingerprint density at radius 2 is 2.19 bits per heavy atom. The summed E-state index contributed by atoms with van der Waals surface area (Å²) in [4.78, 5) is 25.9. The van der Waals surface area contributed by atoms with Crippen molar-refractivity contribution in [1.82, 2.24) is 10.2 Å². The molecule has 0 atom stereocenters. The van der Waals surface area contributed by atoms with Crippen LogP contribution in [0.5, 0.6) is 0 Å². The van der Waals surface area contributed by atoms with Crippen LogP contribution in [0.15, 0.2) is 18.2 Å². The summed E-state index contributed by atoms with van der Waals surface area (Å²) in [5, 5.41) is 5.61. The normalized spacial score (nSPS) is 18.1. The number of carbonyl (C=O) groups excluding carboxylic acids is 2. The number of amides is 2. The topological polar surface area (TPSA) is 87.5 Å². The highest BCUT2D eigenvalue weighted by Gasteiger charge is 2.38. The van der Waals surface area contributed by atoms with E-state index in [1.165, 1.54) is 0 Å². The van der Waals surface area contributed by atoms with Crippen molar-refractivity contribution in [2.75, 3.05) is 30.7 Å². The van der Waals surface area contributed by atoms with Crippen molar-refractivity contribution in [2.24, 2.45) is 0 Å². The summed E-state index contributed by atoms with van der Waals surface area (Å²) in [7, 11) is 0. The molecule has 21 heavy (non-hydrogen) atoms. The number of aryl methyl sites for hydroxylation is 1. The van der Waals surface area contributed by atoms with Gasteiger partial charge in [-0.25, -0.2) is 0 Å². The van der Waals surface area contributed by atoms with Gasteiger partial charge in [-0.1, -0.05) is 6.07 Å². The number of piperazine rings is 1. The zero-order chi connectivity index (χ0) is 15.6. The fourth-order valence-corrected chi connectivity index (χ4v) is 2.38. The molecular formula is C15H22N4O2. The molecule has 0 bridgehead atoms. The first kappa shape index (κ1) is 15.3. The first-order valence-electron chi connectivity index (χ1n) is 7.00. The maximum absolute atomic E-state index is 12.2. The van der Waals surface area contributed by atoms with Crippen molar-refractivity contribution in [1.29, 1.82) is 0 Å². The SMILES string of the molecule is Cc1ccc(NC(=O)CN2CCNC(=O)C2(C)C)c(N)c1. The maximum Gasteiger partial charge on any atom is 0.240 e. The average Bonchev–Trinajstić information content (AvgIpc) is 2.39. The second-order valence-corrected chi connectivity index (χ2v) is 5.88. The second kappa shape index (κ2) is 5.73. The first-order chi connectivity index (χ1) is 9.80. The molecule has 0 aromatic heterocycles. The molecule has 0 radical (unpaired) electrons. The number of hydrogen-bond donors (Lipinski definition) is 3. The summed E-state index contributed by atoms with van der Waals surface area (Å²) < 4.78 is 0. The minimum absolute atomic E-state index is 0.0589. The van der Waals surface area contributed by atoms with Gasteiger partial charge in [-0.3, -0.25) is 14.5 Å². The Bertz CT molecular complexity index is 569. The number of rotatable bonds is 3. The van der Waals surface area contributed by atoms with Crippen LogP contribution < -0.4 is 16.4 Å². The van der Waals surface area contributed by atoms with Gasteiger partial charge >= 0.3 is 0 Å². The van der Waals surface area contributed by atoms with Crippen LogP contribution in [0.1, 0.15) is 19.4 Å². The van der Waals surface area contributed by atoms with Crippen LogP contribution >= 0.6 is 0 Å². The Morgan fingerprint density at radius 1 is 1.48 bits per heavy atom. The number of carbonyl (C=O) groups is 2. The summed E-state index contributed by atoms with van der Waals surface area (Å²) >= 11 is 0. The van der Waals surface area contributed by atoms with Gasteiger partial charge in [0, 0.05) is 13.1 Å². The molecule has 0 unspecified atom stereocenters. The molecule has 1 saturated heterocycles. The van der Waals surface area contributed by atoms with Crippen molar-refractivity contribution in [3.63, 3.8) is 0 Å². The molecule has 2 rings (SSSR count). The van der Waals surface area contributed by atoms with E-state index in [1.807, 2.05) is 37.8 Å². The molecule has 2 amide bonds. The number of anilines is 2. The number of nitrogen functional groups attached to an aromatic ring is 1. The number of nitrogens with one attached hydrogen (secondary N) is 2. The Hall–Kier alpha value is -2.08. The van der Waals surface area contributed by atoms with Gasteiger partial charge in [0.25, 0.3) is 0 Å². The molecule has 1 aliphatic heterocycles. The smallest absolute Gasteiger partial charge is 0.240 e. The van der Waals surface area contributed by atoms with Gasteiger partial charge in [-0.2, -0.15) is 0 Å². The van der Waals surface area contributed by atoms with E-state index < -0.39 is 5.54 Å². The van der Waals surface area contributed by atoms with Crippen LogP contribution in [0, 0.1) is 6.92 Å². The van der Waals surface area contributed by atoms with Gasteiger partial charge < -0.3 is 16.4 Å². The van der Waals surface area contributed by atoms with Crippen molar-refractivity contribution >= 4 is 23.2 Å². The van der Waals surface area contributed by atoms with Crippen LogP contribution in [0.4, 0.5) is 11.4 Å². The lowest BCUT2D eigenvalue weighted by atomic mass is 9.99. The fourth-order valence-electron chi connectivity index (χ4n) is 2.38. The van der Waals surface area contributed by atoms with Crippen LogP contribution in [0.2, 0.25) is 0 Å². The monoisotopic (exact) mass is 290 g/mol. The van der Waals surface area contributed by atoms with E-state index in [4.69, 9.17) is 5.73 Å². The highest BCUT2D eigenvalue weighted by molar-refractivity contribution is 5.96. The van der Waals surface area contributed by atoms with E-state index in [-0.39, 0.29) is 18.4 Å². The van der Waals surface area contributed by atoms with Gasteiger partial charge in [-0.05, 0) is 38.5 Å². The fraction of sp³-hybridized carbons (Fsp3) is 0.467. The van der Waals surface area contributed by atoms with Crippen LogP contribution in [-0.4, -0.2) is 41.9 Å². The molecule has 1 aromatic carbocycles. The van der Waals surface area contributed by atoms with E-state index >= 15 is 0 Å². The third kappa shape index (κ3) is 3.33. The van der Waals surface area contributed by atoms with Gasteiger partial charge in [0.05, 0.1) is 23.5 Å². The zero-order valence-corrected chi connectivity index (χ0v) is 12.7. The predicted octanol–water partition coefficient (Wildman–Crippen LogP) is 0.726. The number of benzene rings is 1. The highest BCUT2D eigenvalue weighted by atomic mass is 16.2. The number of nitrogens with two attached hydrogens (primary N) is 1. The second-order valence-electron chi connectivity index (χ2n) is 5.88. The molecule has 4 N–H and O–H groups in total. The lowest BCUT2D eigenvalue weighted by molar-refractivity contribution is -0.136. The number of nitrogens with zero attached hydrogens (tertiary/aromatic N) is 1. The highest BCUT2D eigenvalue weighted by Crippen LogP contribution is 2.21. The third-order valence-electron chi connectivity index (χ3n) is 3.83. The van der Waals surface area contributed by atoms with Crippen LogP contribution in [-0.2, 0) is 9.59 Å². The largest absolute Gasteiger partial charge is 0.397 e. The molecule has 6 heteroatoms. The molecule has 1 aliphatic rings. The number of hydrogen-bond acceptors (Lipinski definition) is 4. The summed E-state index contributed by atoms with van der Waals surface area (Å²) in [6.45, 7) is 6.94. The summed E-state index contributed by atoms with van der Waals surface area (Å²) in [5.74, 6) is -0.232. The summed E-state index contributed by atoms with van der Waals surface area (Å²) in [6, 6.07) is 5.49. The minimum atomic E-state index is -0.686. The van der Waals surface area contributed by atoms with E-state index in [0.29, 0.717) is 24.5 Å². The molecule has 1 fully saturated rings. The molecule has 0 aliphatic carbocycles. The van der Waals surface area contributed by atoms with E-state index in [0.717, 1.165) is 5.56 Å². The molecule has 0 spiro atoms. The molecule has 1 heterocycles. The molecule has 6 nitrogen and oxygen atoms in total. The van der Waals surface area contributed by atoms with Crippen LogP contribution in [0.3, 0.4) is 0 Å². The first-order valence-corrected chi connectivity index (χ1v) is 7.00. The summed E-state index contributed by atoms with van der Waals surface area (Å²) in [5.41, 5.74) is 7.38. The molecule has 114 valence electrons. The Morgan fingerprint density at radius 3 is 2.86 bits per heavy atom. The zero-order valence-electron chi connectivity index (χ0n) is 12.7. The van der Waals surface area contributed by atoms with E-state index in [2.05, 4.69) is 10.6 Å². The maximum atomic E-state index is 12.2. The van der Waals surface area contributed by atoms with E-state index in [9.17, 15) is 9.59 Å². The third-order valence-corrected chi connectivity index (χ3v) is 3.83. The molecular weight excluding hydrogens is 268 g/mol. The van der Waals surface area contributed by atoms with Crippen LogP contribution in [0.25, 0.3) is 0 Å². The van der Waals surface area contributed by atoms with Crippen molar-refractivity contribution < 1.29 is 9.59 Å². The lowest BCUT2D eigenvalue weighted by Crippen LogP contribution is -2.62. The predicted molar refractivity (Wildman–Crippen MR) is 82.9 cm³/mol. The van der Waals surface area contributed by atoms with Gasteiger partial charge in [-0.15, -0.1) is 0 Å². The van der Waals surface area contributed by atoms with Gasteiger partial charge in [0.15, 0.2) is 0 Å². The standard InChI is InChI=1S/C15H22N4O2/c1-10-4-5-12(11(16)8-10)18-13(20)9-19-7-6-17-14(21)15(19,2)3/h4-5,8H,6-7,9,16H2,1-3H3,(H,17,21)(H,18,20). The molecule has 0 saturated carbocycles. The van der Waals surface area contributed by atoms with Crippen molar-refractivity contribution in [2.45, 2.75) is 26.3 Å². The van der Waals surface area contributed by atoms with Gasteiger partial charge in [0.2, 0.25) is 11.8 Å². The Kier molecular flexibility index (Phi) is 4.18. The van der Waals surface area contributed by atoms with E-state index in [1.54, 1.807) is 6.07 Å². The minimum Gasteiger partial charge on any atom is -0.397 e. The molecule has 1 aromatic rings.